The van der Waals surface area contributed by atoms with Crippen molar-refractivity contribution in [1.29, 1.82) is 0 Å². The van der Waals surface area contributed by atoms with Gasteiger partial charge in [0.2, 0.25) is 0 Å². The van der Waals surface area contributed by atoms with Gasteiger partial charge in [-0.3, -0.25) is 0 Å². The van der Waals surface area contributed by atoms with E-state index < -0.39 is 0 Å². The van der Waals surface area contributed by atoms with Gasteiger partial charge in [0.15, 0.2) is 0 Å². The molecule has 0 spiro atoms. The van der Waals surface area contributed by atoms with E-state index in [9.17, 15) is 0 Å². The summed E-state index contributed by atoms with van der Waals surface area (Å²) in [4.78, 5) is 0. The molecular weight excluding hydrogens is 253 g/mol. The van der Waals surface area contributed by atoms with E-state index >= 15 is 0 Å². The molecule has 1 aromatic carbocycles. The van der Waals surface area contributed by atoms with E-state index in [1.165, 1.54) is 12.8 Å². The molecule has 0 heterocycles. The van der Waals surface area contributed by atoms with Gasteiger partial charge in [-0.2, -0.15) is 0 Å². The van der Waals surface area contributed by atoms with Gasteiger partial charge < -0.3 is 5.73 Å². The second kappa shape index (κ2) is 5.17. The molecule has 1 aliphatic rings. The molecule has 2 unspecified atom stereocenters. The predicted molar refractivity (Wildman–Crippen MR) is 74.7 cm³/mol. The summed E-state index contributed by atoms with van der Waals surface area (Å²) in [6.07, 6.45) is 5.55. The van der Waals surface area contributed by atoms with Crippen LogP contribution in [0.4, 0.5) is 0 Å². The van der Waals surface area contributed by atoms with Gasteiger partial charge in [-0.15, -0.1) is 0 Å². The number of hydrogen-bond acceptors (Lipinski definition) is 1. The summed E-state index contributed by atoms with van der Waals surface area (Å²) in [5, 5.41) is 1.42. The van der Waals surface area contributed by atoms with E-state index in [1.54, 1.807) is 6.07 Å². The van der Waals surface area contributed by atoms with Crippen LogP contribution in [0.1, 0.15) is 38.2 Å². The van der Waals surface area contributed by atoms with Gasteiger partial charge in [0.05, 0.1) is 0 Å². The molecule has 0 bridgehead atoms. The lowest BCUT2D eigenvalue weighted by atomic mass is 9.89. The van der Waals surface area contributed by atoms with Crippen molar-refractivity contribution in [3.63, 3.8) is 0 Å². The summed E-state index contributed by atoms with van der Waals surface area (Å²) in [5.74, 6) is 0.783. The fourth-order valence-electron chi connectivity index (χ4n) is 2.82. The van der Waals surface area contributed by atoms with Crippen LogP contribution in [0, 0.1) is 5.92 Å². The average molecular weight is 272 g/mol. The van der Waals surface area contributed by atoms with Gasteiger partial charge in [-0.25, -0.2) is 0 Å². The third-order valence-corrected chi connectivity index (χ3v) is 4.47. The molecule has 1 aliphatic carbocycles. The van der Waals surface area contributed by atoms with Crippen LogP contribution >= 0.6 is 23.2 Å². The van der Waals surface area contributed by atoms with Crippen molar-refractivity contribution < 1.29 is 0 Å². The Morgan fingerprint density at radius 1 is 1.41 bits per heavy atom. The highest BCUT2D eigenvalue weighted by atomic mass is 35.5. The van der Waals surface area contributed by atoms with Crippen molar-refractivity contribution in [2.24, 2.45) is 11.7 Å². The molecule has 0 aromatic heterocycles. The monoisotopic (exact) mass is 271 g/mol. The lowest BCUT2D eigenvalue weighted by Crippen LogP contribution is -2.39. The normalized spacial score (nSPS) is 28.6. The van der Waals surface area contributed by atoms with Gasteiger partial charge in [-0.05, 0) is 49.3 Å². The van der Waals surface area contributed by atoms with Crippen molar-refractivity contribution >= 4 is 23.2 Å². The van der Waals surface area contributed by atoms with Gasteiger partial charge in [0.1, 0.15) is 0 Å². The molecule has 1 fully saturated rings. The van der Waals surface area contributed by atoms with Crippen molar-refractivity contribution in [2.75, 3.05) is 0 Å². The zero-order valence-corrected chi connectivity index (χ0v) is 11.7. The van der Waals surface area contributed by atoms with E-state index in [-0.39, 0.29) is 5.54 Å². The Bertz CT molecular complexity index is 405. The van der Waals surface area contributed by atoms with Gasteiger partial charge in [0.25, 0.3) is 0 Å². The molecule has 0 saturated heterocycles. The lowest BCUT2D eigenvalue weighted by Gasteiger charge is -2.25. The molecule has 94 valence electrons. The molecule has 2 rings (SSSR count). The molecule has 3 heteroatoms. The summed E-state index contributed by atoms with van der Waals surface area (Å²) in [6.45, 7) is 2.24. The van der Waals surface area contributed by atoms with Crippen LogP contribution in [0.25, 0.3) is 0 Å². The molecule has 2 atom stereocenters. The van der Waals surface area contributed by atoms with Crippen LogP contribution in [0.5, 0.6) is 0 Å². The number of rotatable bonds is 3. The Morgan fingerprint density at radius 3 is 2.76 bits per heavy atom. The smallest absolute Gasteiger partial charge is 0.0453 e. The standard InChI is InChI=1S/C14H19Cl2N/c1-2-10-5-6-14(17,8-10)9-11-3-4-12(15)7-13(11)16/h3-4,7,10H,2,5-6,8-9,17H2,1H3. The molecule has 1 nitrogen and oxygen atoms in total. The van der Waals surface area contributed by atoms with E-state index in [0.717, 1.165) is 35.8 Å². The van der Waals surface area contributed by atoms with Crippen LogP contribution in [0.2, 0.25) is 10.0 Å². The average Bonchev–Trinajstić information content (AvgIpc) is 2.65. The van der Waals surface area contributed by atoms with Gasteiger partial charge in [-0.1, -0.05) is 42.6 Å². The summed E-state index contributed by atoms with van der Waals surface area (Å²) in [5.41, 5.74) is 7.52. The minimum Gasteiger partial charge on any atom is -0.325 e. The first kappa shape index (κ1) is 13.2. The van der Waals surface area contributed by atoms with Crippen LogP contribution in [-0.2, 0) is 6.42 Å². The fraction of sp³-hybridized carbons (Fsp3) is 0.571. The molecule has 2 N–H and O–H groups in total. The number of hydrogen-bond donors (Lipinski definition) is 1. The number of nitrogens with two attached hydrogens (primary N) is 1. The molecule has 1 aromatic rings. The summed E-state index contributed by atoms with van der Waals surface area (Å²) in [6, 6.07) is 5.69. The second-order valence-electron chi connectivity index (χ2n) is 5.29. The molecule has 1 saturated carbocycles. The number of benzene rings is 1. The van der Waals surface area contributed by atoms with E-state index in [1.807, 2.05) is 12.1 Å². The Morgan fingerprint density at radius 2 is 2.18 bits per heavy atom. The van der Waals surface area contributed by atoms with Gasteiger partial charge in [0, 0.05) is 15.6 Å². The Hall–Kier alpha value is -0.240. The van der Waals surface area contributed by atoms with Crippen molar-refractivity contribution in [2.45, 2.75) is 44.6 Å². The zero-order chi connectivity index (χ0) is 12.5. The summed E-state index contributed by atoms with van der Waals surface area (Å²) < 4.78 is 0. The zero-order valence-electron chi connectivity index (χ0n) is 10.2. The third-order valence-electron chi connectivity index (χ3n) is 3.88. The van der Waals surface area contributed by atoms with Crippen molar-refractivity contribution in [1.82, 2.24) is 0 Å². The first-order valence-electron chi connectivity index (χ1n) is 6.25. The van der Waals surface area contributed by atoms with Crippen molar-refractivity contribution in [3.05, 3.63) is 33.8 Å². The van der Waals surface area contributed by atoms with E-state index in [4.69, 9.17) is 28.9 Å². The summed E-state index contributed by atoms with van der Waals surface area (Å²) >= 11 is 12.1. The van der Waals surface area contributed by atoms with Gasteiger partial charge >= 0.3 is 0 Å². The highest BCUT2D eigenvalue weighted by molar-refractivity contribution is 6.35. The predicted octanol–water partition coefficient (Wildman–Crippen LogP) is 4.44. The Balaban J connectivity index is 2.10. The highest BCUT2D eigenvalue weighted by Gasteiger charge is 2.35. The topological polar surface area (TPSA) is 26.0 Å². The van der Waals surface area contributed by atoms with Crippen LogP contribution < -0.4 is 5.73 Å². The number of halogens is 2. The van der Waals surface area contributed by atoms with Crippen LogP contribution in [0.3, 0.4) is 0 Å². The molecule has 0 aliphatic heterocycles. The minimum absolute atomic E-state index is 0.0713. The highest BCUT2D eigenvalue weighted by Crippen LogP contribution is 2.38. The van der Waals surface area contributed by atoms with Crippen LogP contribution in [0.15, 0.2) is 18.2 Å². The largest absolute Gasteiger partial charge is 0.325 e. The molecule has 17 heavy (non-hydrogen) atoms. The maximum atomic E-state index is 6.47. The molecule has 0 radical (unpaired) electrons. The maximum absolute atomic E-state index is 6.47. The van der Waals surface area contributed by atoms with Crippen molar-refractivity contribution in [3.8, 4) is 0 Å². The Labute approximate surface area is 113 Å². The maximum Gasteiger partial charge on any atom is 0.0453 e. The molecule has 0 amide bonds. The fourth-order valence-corrected chi connectivity index (χ4v) is 3.30. The summed E-state index contributed by atoms with van der Waals surface area (Å²) in [7, 11) is 0. The van der Waals surface area contributed by atoms with E-state index in [2.05, 4.69) is 6.92 Å². The van der Waals surface area contributed by atoms with E-state index in [0.29, 0.717) is 5.02 Å². The molecular formula is C14H19Cl2N. The minimum atomic E-state index is -0.0713. The first-order chi connectivity index (χ1) is 8.02. The second-order valence-corrected chi connectivity index (χ2v) is 6.14. The van der Waals surface area contributed by atoms with Crippen LogP contribution in [-0.4, -0.2) is 5.54 Å². The third kappa shape index (κ3) is 3.15. The first-order valence-corrected chi connectivity index (χ1v) is 7.01. The Kier molecular flexibility index (Phi) is 4.02. The quantitative estimate of drug-likeness (QED) is 0.864. The lowest BCUT2D eigenvalue weighted by molar-refractivity contribution is 0.407. The SMILES string of the molecule is CCC1CCC(N)(Cc2ccc(Cl)cc2Cl)C1.